The highest BCUT2D eigenvalue weighted by Gasteiger charge is 2.36. The molecule has 0 amide bonds. The number of allylic oxidation sites excluding steroid dienone is 1. The lowest BCUT2D eigenvalue weighted by atomic mass is 9.89. The number of benzene rings is 1. The quantitative estimate of drug-likeness (QED) is 0.621. The van der Waals surface area contributed by atoms with Crippen LogP contribution < -0.4 is 21.7 Å². The summed E-state index contributed by atoms with van der Waals surface area (Å²) in [6.07, 6.45) is 0. The minimum Gasteiger partial charge on any atom is -0.460 e. The van der Waals surface area contributed by atoms with Crippen LogP contribution in [0, 0.1) is 11.3 Å². The molecular weight excluding hydrogens is 372 g/mol. The first-order valence-electron chi connectivity index (χ1n) is 7.77. The summed E-state index contributed by atoms with van der Waals surface area (Å²) in [6.45, 7) is 0. The number of nitrogens with two attached hydrogens (primary N) is 1. The predicted octanol–water partition coefficient (Wildman–Crippen LogP) is 2.19. The molecule has 4 N–H and O–H groups in total. The molecule has 1 aliphatic heterocycles. The number of aromatic nitrogens is 2. The van der Waals surface area contributed by atoms with Crippen molar-refractivity contribution >= 4 is 11.6 Å². The van der Waals surface area contributed by atoms with Crippen molar-refractivity contribution in [3.8, 4) is 23.3 Å². The Labute approximate surface area is 156 Å². The van der Waals surface area contributed by atoms with Gasteiger partial charge in [0.15, 0.2) is 0 Å². The van der Waals surface area contributed by atoms with Gasteiger partial charge in [0.1, 0.15) is 23.2 Å². The van der Waals surface area contributed by atoms with Crippen molar-refractivity contribution in [1.29, 1.82) is 5.26 Å². The molecule has 0 saturated carbocycles. The van der Waals surface area contributed by atoms with Gasteiger partial charge in [-0.15, -0.1) is 0 Å². The van der Waals surface area contributed by atoms with E-state index in [1.54, 1.807) is 36.4 Å². The summed E-state index contributed by atoms with van der Waals surface area (Å²) >= 11 is 5.90. The summed E-state index contributed by atoms with van der Waals surface area (Å²) in [5, 5.41) is 10.1. The van der Waals surface area contributed by atoms with Gasteiger partial charge < -0.3 is 14.9 Å². The molecule has 27 heavy (non-hydrogen) atoms. The molecule has 0 saturated heterocycles. The number of halogens is 1. The van der Waals surface area contributed by atoms with Gasteiger partial charge in [0.2, 0.25) is 11.8 Å². The number of fused-ring (bicyclic) bond motifs is 1. The van der Waals surface area contributed by atoms with Crippen LogP contribution in [0.1, 0.15) is 17.2 Å². The molecule has 0 bridgehead atoms. The number of aromatic amines is 2. The molecule has 1 aromatic carbocycles. The van der Waals surface area contributed by atoms with Gasteiger partial charge >= 0.3 is 5.69 Å². The Hall–Kier alpha value is -3.70. The van der Waals surface area contributed by atoms with Gasteiger partial charge in [-0.3, -0.25) is 14.8 Å². The van der Waals surface area contributed by atoms with Crippen LogP contribution in [0.2, 0.25) is 5.02 Å². The fraction of sp³-hybridized carbons (Fsp3) is 0.0556. The lowest BCUT2D eigenvalue weighted by molar-refractivity contribution is 0.365. The molecule has 134 valence electrons. The maximum Gasteiger partial charge on any atom is 0.328 e. The zero-order chi connectivity index (χ0) is 19.1. The fourth-order valence-corrected chi connectivity index (χ4v) is 3.08. The van der Waals surface area contributed by atoms with Gasteiger partial charge in [0, 0.05) is 10.6 Å². The van der Waals surface area contributed by atoms with E-state index in [2.05, 4.69) is 9.97 Å². The third-order valence-corrected chi connectivity index (χ3v) is 4.41. The molecule has 1 atom stereocenters. The van der Waals surface area contributed by atoms with Crippen LogP contribution in [-0.2, 0) is 0 Å². The average Bonchev–Trinajstić information content (AvgIpc) is 3.10. The highest BCUT2D eigenvalue weighted by Crippen LogP contribution is 2.40. The molecule has 0 aliphatic carbocycles. The lowest BCUT2D eigenvalue weighted by Gasteiger charge is -2.22. The summed E-state index contributed by atoms with van der Waals surface area (Å²) < 4.78 is 11.1. The maximum atomic E-state index is 12.4. The van der Waals surface area contributed by atoms with Crippen LogP contribution in [0.5, 0.6) is 5.88 Å². The van der Waals surface area contributed by atoms with E-state index in [9.17, 15) is 14.9 Å². The Kier molecular flexibility index (Phi) is 3.86. The van der Waals surface area contributed by atoms with Crippen molar-refractivity contribution in [2.45, 2.75) is 5.92 Å². The van der Waals surface area contributed by atoms with E-state index >= 15 is 0 Å². The minimum absolute atomic E-state index is 0.0112. The molecular formula is C18H11ClN4O4. The van der Waals surface area contributed by atoms with Gasteiger partial charge in [0.25, 0.3) is 5.56 Å². The predicted molar refractivity (Wildman–Crippen MR) is 96.1 cm³/mol. The van der Waals surface area contributed by atoms with E-state index in [1.807, 2.05) is 6.07 Å². The van der Waals surface area contributed by atoms with E-state index in [0.717, 1.165) is 5.56 Å². The van der Waals surface area contributed by atoms with Crippen molar-refractivity contribution in [1.82, 2.24) is 9.97 Å². The molecule has 0 fully saturated rings. The van der Waals surface area contributed by atoms with Crippen molar-refractivity contribution in [3.63, 3.8) is 0 Å². The van der Waals surface area contributed by atoms with Crippen molar-refractivity contribution in [2.75, 3.05) is 0 Å². The Bertz CT molecular complexity index is 1230. The number of hydrogen-bond acceptors (Lipinski definition) is 6. The summed E-state index contributed by atoms with van der Waals surface area (Å²) in [6, 6.07) is 12.3. The molecule has 8 nitrogen and oxygen atoms in total. The number of nitrogens with zero attached hydrogens (tertiary/aromatic N) is 1. The normalized spacial score (nSPS) is 15.8. The van der Waals surface area contributed by atoms with Crippen LogP contribution in [0.25, 0.3) is 11.3 Å². The fourth-order valence-electron chi connectivity index (χ4n) is 2.95. The van der Waals surface area contributed by atoms with Gasteiger partial charge in [0.05, 0.1) is 11.5 Å². The zero-order valence-electron chi connectivity index (χ0n) is 13.6. The molecule has 3 heterocycles. The van der Waals surface area contributed by atoms with Gasteiger partial charge in [-0.2, -0.15) is 5.26 Å². The standard InChI is InChI=1S/C18H11ClN4O4/c19-9-3-1-8(2-4-9)11-5-6-12(26-11)13-10(7-20)15(21)27-17-14(13)16(24)22-18(25)23-17/h1-6,13H,21H2,(H2,22,23,24,25). The summed E-state index contributed by atoms with van der Waals surface area (Å²) in [7, 11) is 0. The average molecular weight is 383 g/mol. The van der Waals surface area contributed by atoms with E-state index < -0.39 is 17.2 Å². The molecule has 2 aromatic heterocycles. The number of furan rings is 1. The molecule has 0 radical (unpaired) electrons. The number of hydrogen-bond donors (Lipinski definition) is 3. The highest BCUT2D eigenvalue weighted by atomic mass is 35.5. The first-order valence-corrected chi connectivity index (χ1v) is 8.15. The first kappa shape index (κ1) is 16.8. The summed E-state index contributed by atoms with van der Waals surface area (Å²) in [4.78, 5) is 28.4. The van der Waals surface area contributed by atoms with E-state index in [4.69, 9.17) is 26.5 Å². The number of nitriles is 1. The largest absolute Gasteiger partial charge is 0.460 e. The van der Waals surface area contributed by atoms with E-state index in [0.29, 0.717) is 16.5 Å². The van der Waals surface area contributed by atoms with Crippen molar-refractivity contribution in [3.05, 3.63) is 85.0 Å². The van der Waals surface area contributed by atoms with Gasteiger partial charge in [-0.1, -0.05) is 11.6 Å². The Balaban J connectivity index is 1.88. The highest BCUT2D eigenvalue weighted by molar-refractivity contribution is 6.30. The van der Waals surface area contributed by atoms with E-state index in [1.165, 1.54) is 0 Å². The Morgan fingerprint density at radius 2 is 1.85 bits per heavy atom. The number of rotatable bonds is 2. The third kappa shape index (κ3) is 2.80. The smallest absolute Gasteiger partial charge is 0.328 e. The van der Waals surface area contributed by atoms with E-state index in [-0.39, 0.29) is 22.9 Å². The van der Waals surface area contributed by atoms with Crippen LogP contribution >= 0.6 is 11.6 Å². The molecule has 9 heteroatoms. The van der Waals surface area contributed by atoms with Crippen LogP contribution in [0.3, 0.4) is 0 Å². The first-order chi connectivity index (χ1) is 13.0. The van der Waals surface area contributed by atoms with Gasteiger partial charge in [-0.05, 0) is 36.4 Å². The molecule has 1 unspecified atom stereocenters. The van der Waals surface area contributed by atoms with Crippen molar-refractivity contribution < 1.29 is 9.15 Å². The number of ether oxygens (including phenoxy) is 1. The second-order valence-corrected chi connectivity index (χ2v) is 6.22. The molecule has 0 spiro atoms. The second-order valence-electron chi connectivity index (χ2n) is 5.78. The summed E-state index contributed by atoms with van der Waals surface area (Å²) in [5.74, 6) is -0.413. The Morgan fingerprint density at radius 3 is 2.56 bits per heavy atom. The Morgan fingerprint density at radius 1 is 1.11 bits per heavy atom. The van der Waals surface area contributed by atoms with Crippen LogP contribution in [-0.4, -0.2) is 9.97 Å². The second kappa shape index (κ2) is 6.23. The molecule has 3 aromatic rings. The zero-order valence-corrected chi connectivity index (χ0v) is 14.3. The van der Waals surface area contributed by atoms with Crippen molar-refractivity contribution in [2.24, 2.45) is 5.73 Å². The topological polar surface area (TPSA) is 138 Å². The SMILES string of the molecule is N#CC1=C(N)Oc2[nH]c(=O)[nH]c(=O)c2C1c1ccc(-c2ccc(Cl)cc2)o1. The minimum atomic E-state index is -0.916. The third-order valence-electron chi connectivity index (χ3n) is 4.16. The molecule has 4 rings (SSSR count). The summed E-state index contributed by atoms with van der Waals surface area (Å²) in [5.41, 5.74) is 5.19. The maximum absolute atomic E-state index is 12.4. The van der Waals surface area contributed by atoms with Crippen LogP contribution in [0.15, 0.2) is 61.9 Å². The van der Waals surface area contributed by atoms with Crippen LogP contribution in [0.4, 0.5) is 0 Å². The number of nitrogens with one attached hydrogen (secondary N) is 2. The lowest BCUT2D eigenvalue weighted by Crippen LogP contribution is -2.33. The monoisotopic (exact) mass is 382 g/mol. The molecule has 1 aliphatic rings. The van der Waals surface area contributed by atoms with Gasteiger partial charge in [-0.25, -0.2) is 4.79 Å². The number of H-pyrrole nitrogens is 2.